The first kappa shape index (κ1) is 10.9. The maximum absolute atomic E-state index is 10.6. The molecule has 0 aliphatic heterocycles. The molecule has 5 heteroatoms. The lowest BCUT2D eigenvalue weighted by Gasteiger charge is -1.97. The van der Waals surface area contributed by atoms with Gasteiger partial charge in [0.15, 0.2) is 6.29 Å². The van der Waals surface area contributed by atoms with E-state index in [1.807, 2.05) is 0 Å². The highest BCUT2D eigenvalue weighted by atomic mass is 16.4. The van der Waals surface area contributed by atoms with Crippen molar-refractivity contribution >= 4 is 24.3 Å². The SMILES string of the molecule is O=Cc1ccccc1/N=C\NCC(=O)O. The number of aldehydes is 1. The average molecular weight is 206 g/mol. The van der Waals surface area contributed by atoms with Gasteiger partial charge in [-0.25, -0.2) is 4.99 Å². The molecule has 1 aromatic carbocycles. The fourth-order valence-electron chi connectivity index (χ4n) is 0.953. The molecule has 0 aromatic heterocycles. The number of hydrogen-bond donors (Lipinski definition) is 2. The average Bonchev–Trinajstić information content (AvgIpc) is 2.24. The fourth-order valence-corrected chi connectivity index (χ4v) is 0.953. The van der Waals surface area contributed by atoms with E-state index in [9.17, 15) is 9.59 Å². The first-order chi connectivity index (χ1) is 7.24. The van der Waals surface area contributed by atoms with Crippen molar-refractivity contribution in [2.24, 2.45) is 4.99 Å². The highest BCUT2D eigenvalue weighted by Gasteiger charge is 1.96. The highest BCUT2D eigenvalue weighted by Crippen LogP contribution is 2.15. The number of hydrogen-bond acceptors (Lipinski definition) is 3. The van der Waals surface area contributed by atoms with Crippen molar-refractivity contribution in [3.63, 3.8) is 0 Å². The zero-order chi connectivity index (χ0) is 11.1. The zero-order valence-corrected chi connectivity index (χ0v) is 7.88. The van der Waals surface area contributed by atoms with E-state index in [0.29, 0.717) is 17.5 Å². The lowest BCUT2D eigenvalue weighted by atomic mass is 10.2. The second kappa shape index (κ2) is 5.54. The molecule has 5 nitrogen and oxygen atoms in total. The number of aliphatic carboxylic acids is 1. The molecule has 0 amide bonds. The first-order valence-electron chi connectivity index (χ1n) is 4.26. The second-order valence-electron chi connectivity index (χ2n) is 2.71. The Kier molecular flexibility index (Phi) is 4.03. The van der Waals surface area contributed by atoms with Gasteiger partial charge in [-0.3, -0.25) is 9.59 Å². The molecule has 2 N–H and O–H groups in total. The van der Waals surface area contributed by atoms with Crippen molar-refractivity contribution in [3.05, 3.63) is 29.8 Å². The summed E-state index contributed by atoms with van der Waals surface area (Å²) < 4.78 is 0. The van der Waals surface area contributed by atoms with E-state index < -0.39 is 5.97 Å². The van der Waals surface area contributed by atoms with Crippen LogP contribution in [0.15, 0.2) is 29.3 Å². The van der Waals surface area contributed by atoms with Crippen LogP contribution in [0.1, 0.15) is 10.4 Å². The van der Waals surface area contributed by atoms with Gasteiger partial charge in [-0.1, -0.05) is 12.1 Å². The summed E-state index contributed by atoms with van der Waals surface area (Å²) in [7, 11) is 0. The lowest BCUT2D eigenvalue weighted by molar-refractivity contribution is -0.135. The molecule has 0 spiro atoms. The maximum Gasteiger partial charge on any atom is 0.322 e. The summed E-state index contributed by atoms with van der Waals surface area (Å²) in [6.07, 6.45) is 1.96. The van der Waals surface area contributed by atoms with Gasteiger partial charge in [-0.15, -0.1) is 0 Å². The molecule has 1 aromatic rings. The van der Waals surface area contributed by atoms with Gasteiger partial charge >= 0.3 is 5.97 Å². The van der Waals surface area contributed by atoms with Crippen LogP contribution >= 0.6 is 0 Å². The fraction of sp³-hybridized carbons (Fsp3) is 0.100. The molecule has 15 heavy (non-hydrogen) atoms. The number of nitrogens with zero attached hydrogens (tertiary/aromatic N) is 1. The molecule has 0 aliphatic carbocycles. The maximum atomic E-state index is 10.6. The normalized spacial score (nSPS) is 10.1. The van der Waals surface area contributed by atoms with E-state index >= 15 is 0 Å². The van der Waals surface area contributed by atoms with Gasteiger partial charge in [-0.2, -0.15) is 0 Å². The van der Waals surface area contributed by atoms with Crippen LogP contribution in [0.4, 0.5) is 5.69 Å². The van der Waals surface area contributed by atoms with E-state index in [-0.39, 0.29) is 6.54 Å². The van der Waals surface area contributed by atoms with Crippen LogP contribution in [0.2, 0.25) is 0 Å². The number of rotatable bonds is 5. The van der Waals surface area contributed by atoms with Gasteiger partial charge < -0.3 is 10.4 Å². The Labute approximate surface area is 86.5 Å². The Morgan fingerprint density at radius 1 is 1.47 bits per heavy atom. The summed E-state index contributed by atoms with van der Waals surface area (Å²) >= 11 is 0. The molecule has 0 heterocycles. The van der Waals surface area contributed by atoms with E-state index in [1.54, 1.807) is 24.3 Å². The second-order valence-corrected chi connectivity index (χ2v) is 2.71. The molecule has 0 atom stereocenters. The summed E-state index contributed by atoms with van der Waals surface area (Å²) in [6, 6.07) is 6.78. The van der Waals surface area contributed by atoms with Gasteiger partial charge in [0.1, 0.15) is 6.54 Å². The van der Waals surface area contributed by atoms with Crippen molar-refractivity contribution in [3.8, 4) is 0 Å². The van der Waals surface area contributed by atoms with Crippen LogP contribution in [0.25, 0.3) is 0 Å². The molecule has 0 saturated carbocycles. The molecule has 0 radical (unpaired) electrons. The Hall–Kier alpha value is -2.17. The van der Waals surface area contributed by atoms with Crippen molar-refractivity contribution in [1.29, 1.82) is 0 Å². The summed E-state index contributed by atoms with van der Waals surface area (Å²) in [6.45, 7) is -0.202. The predicted molar refractivity (Wildman–Crippen MR) is 55.6 cm³/mol. The third-order valence-corrected chi connectivity index (χ3v) is 1.61. The monoisotopic (exact) mass is 206 g/mol. The van der Waals surface area contributed by atoms with Crippen LogP contribution in [-0.4, -0.2) is 30.2 Å². The molecule has 78 valence electrons. The van der Waals surface area contributed by atoms with Crippen molar-refractivity contribution in [2.45, 2.75) is 0 Å². The Morgan fingerprint density at radius 2 is 2.20 bits per heavy atom. The first-order valence-corrected chi connectivity index (χ1v) is 4.26. The molecule has 1 rings (SSSR count). The Morgan fingerprint density at radius 3 is 2.87 bits per heavy atom. The van der Waals surface area contributed by atoms with Gasteiger partial charge in [0.2, 0.25) is 0 Å². The number of carbonyl (C=O) groups is 2. The van der Waals surface area contributed by atoms with E-state index in [1.165, 1.54) is 6.34 Å². The standard InChI is InChI=1S/C10H10N2O3/c13-6-8-3-1-2-4-9(8)12-7-11-5-10(14)15/h1-4,6-7H,5H2,(H,11,12)(H,14,15). The van der Waals surface area contributed by atoms with Crippen LogP contribution in [0.3, 0.4) is 0 Å². The highest BCUT2D eigenvalue weighted by molar-refractivity contribution is 5.84. The largest absolute Gasteiger partial charge is 0.480 e. The van der Waals surface area contributed by atoms with Crippen LogP contribution in [0.5, 0.6) is 0 Å². The van der Waals surface area contributed by atoms with E-state index in [0.717, 1.165) is 0 Å². The Bertz CT molecular complexity index is 388. The number of nitrogens with one attached hydrogen (secondary N) is 1. The minimum atomic E-state index is -0.967. The van der Waals surface area contributed by atoms with Gasteiger partial charge in [-0.05, 0) is 12.1 Å². The lowest BCUT2D eigenvalue weighted by Crippen LogP contribution is -2.20. The number of benzene rings is 1. The Balaban J connectivity index is 2.63. The van der Waals surface area contributed by atoms with Crippen molar-refractivity contribution in [1.82, 2.24) is 5.32 Å². The summed E-state index contributed by atoms with van der Waals surface area (Å²) in [5.41, 5.74) is 0.969. The van der Waals surface area contributed by atoms with E-state index in [2.05, 4.69) is 10.3 Å². The summed E-state index contributed by atoms with van der Waals surface area (Å²) in [4.78, 5) is 24.7. The van der Waals surface area contributed by atoms with Crippen LogP contribution in [-0.2, 0) is 4.79 Å². The molecule has 0 fully saturated rings. The van der Waals surface area contributed by atoms with Crippen LogP contribution < -0.4 is 5.32 Å². The third kappa shape index (κ3) is 3.60. The van der Waals surface area contributed by atoms with Crippen molar-refractivity contribution in [2.75, 3.05) is 6.54 Å². The minimum Gasteiger partial charge on any atom is -0.480 e. The van der Waals surface area contributed by atoms with Gasteiger partial charge in [0, 0.05) is 5.56 Å². The molecule has 0 aliphatic rings. The van der Waals surface area contributed by atoms with Gasteiger partial charge in [0.25, 0.3) is 0 Å². The number of carbonyl (C=O) groups excluding carboxylic acids is 1. The number of aliphatic imine (C=N–C) groups is 1. The predicted octanol–water partition coefficient (Wildman–Crippen LogP) is 0.833. The summed E-state index contributed by atoms with van der Waals surface area (Å²) in [5, 5.41) is 10.8. The number of carboxylic acids is 1. The van der Waals surface area contributed by atoms with Crippen LogP contribution in [0, 0.1) is 0 Å². The number of para-hydroxylation sites is 1. The third-order valence-electron chi connectivity index (χ3n) is 1.61. The molecule has 0 unspecified atom stereocenters. The molecular weight excluding hydrogens is 196 g/mol. The zero-order valence-electron chi connectivity index (χ0n) is 7.88. The number of carboxylic acid groups (broad SMARTS) is 1. The van der Waals surface area contributed by atoms with Gasteiger partial charge in [0.05, 0.1) is 12.0 Å². The van der Waals surface area contributed by atoms with E-state index in [4.69, 9.17) is 5.11 Å². The summed E-state index contributed by atoms with van der Waals surface area (Å²) in [5.74, 6) is -0.967. The minimum absolute atomic E-state index is 0.202. The quantitative estimate of drug-likeness (QED) is 0.425. The molecule has 0 saturated heterocycles. The topological polar surface area (TPSA) is 78.8 Å². The van der Waals surface area contributed by atoms with Crippen molar-refractivity contribution < 1.29 is 14.7 Å². The molecule has 0 bridgehead atoms. The molecular formula is C10H10N2O3. The smallest absolute Gasteiger partial charge is 0.322 e.